The number of phenols is 1. The van der Waals surface area contributed by atoms with E-state index in [9.17, 15) is 15.0 Å². The van der Waals surface area contributed by atoms with E-state index in [2.05, 4.69) is 70.4 Å². The highest BCUT2D eigenvalue weighted by Gasteiger charge is 2.55. The fraction of sp³-hybridized carbons (Fsp3) is 0.639. The summed E-state index contributed by atoms with van der Waals surface area (Å²) in [4.78, 5) is 13.1. The van der Waals surface area contributed by atoms with Crippen molar-refractivity contribution >= 4 is 14.2 Å². The van der Waals surface area contributed by atoms with Gasteiger partial charge in [0.15, 0.2) is 8.32 Å². The predicted octanol–water partition coefficient (Wildman–Crippen LogP) is 6.95. The van der Waals surface area contributed by atoms with Crippen LogP contribution >= 0.6 is 0 Å². The van der Waals surface area contributed by atoms with Crippen LogP contribution in [0.2, 0.25) is 18.1 Å². The van der Waals surface area contributed by atoms with E-state index in [1.165, 1.54) is 24.8 Å². The van der Waals surface area contributed by atoms with Crippen LogP contribution in [0.5, 0.6) is 5.75 Å². The Morgan fingerprint density at radius 3 is 2.23 bits per heavy atom. The molecule has 0 spiro atoms. The highest BCUT2D eigenvalue weighted by Crippen LogP contribution is 2.64. The Kier molecular flexibility index (Phi) is 9.21. The van der Waals surface area contributed by atoms with Crippen LogP contribution in [-0.2, 0) is 22.2 Å². The lowest BCUT2D eigenvalue weighted by Gasteiger charge is -2.59. The Balaban J connectivity index is 1.31. The lowest BCUT2D eigenvalue weighted by atomic mass is 9.45. The van der Waals surface area contributed by atoms with Gasteiger partial charge in [0.05, 0.1) is 18.6 Å². The van der Waals surface area contributed by atoms with Gasteiger partial charge in [-0.3, -0.25) is 4.79 Å². The lowest BCUT2D eigenvalue weighted by molar-refractivity contribution is -0.130. The van der Waals surface area contributed by atoms with Crippen LogP contribution in [0.4, 0.5) is 0 Å². The second kappa shape index (κ2) is 12.3. The van der Waals surface area contributed by atoms with Crippen LogP contribution < -0.4 is 11.1 Å². The number of hydrogen-bond acceptors (Lipinski definition) is 5. The fourth-order valence-corrected chi connectivity index (χ4v) is 9.96. The SMILES string of the molecule is C[C@H](Cc1cccc(C(C(N)=O)C23CC4CC(CC(C4)C2)C3)c1)NC[C@H](O[Si](C)(C)C(C)(C)C)c1ccc(O)c(CO)c1. The lowest BCUT2D eigenvalue weighted by Crippen LogP contribution is -2.51. The van der Waals surface area contributed by atoms with Crippen molar-refractivity contribution < 1.29 is 19.4 Å². The first-order valence-electron chi connectivity index (χ1n) is 16.4. The van der Waals surface area contributed by atoms with Crippen LogP contribution in [0.3, 0.4) is 0 Å². The minimum Gasteiger partial charge on any atom is -0.508 e. The van der Waals surface area contributed by atoms with Crippen molar-refractivity contribution in [3.05, 3.63) is 64.7 Å². The molecule has 5 N–H and O–H groups in total. The first-order valence-corrected chi connectivity index (χ1v) is 19.3. The Labute approximate surface area is 259 Å². The second-order valence-corrected chi connectivity index (χ2v) is 20.5. The van der Waals surface area contributed by atoms with E-state index >= 15 is 0 Å². The topological polar surface area (TPSA) is 105 Å². The van der Waals surface area contributed by atoms with Gasteiger partial charge in [0.1, 0.15) is 5.75 Å². The van der Waals surface area contributed by atoms with Gasteiger partial charge in [0.2, 0.25) is 5.91 Å². The molecule has 4 fully saturated rings. The molecule has 7 heteroatoms. The zero-order chi connectivity index (χ0) is 31.2. The molecule has 0 radical (unpaired) electrons. The van der Waals surface area contributed by atoms with Crippen molar-refractivity contribution in [1.29, 1.82) is 0 Å². The largest absolute Gasteiger partial charge is 0.508 e. The minimum absolute atomic E-state index is 0.0366. The molecule has 4 aliphatic rings. The molecular weight excluding hydrogens is 552 g/mol. The summed E-state index contributed by atoms with van der Waals surface area (Å²) >= 11 is 0. The molecule has 6 nitrogen and oxygen atoms in total. The normalized spacial score (nSPS) is 27.2. The smallest absolute Gasteiger partial charge is 0.225 e. The number of primary amides is 1. The Bertz CT molecular complexity index is 1270. The van der Waals surface area contributed by atoms with Crippen LogP contribution in [0.25, 0.3) is 0 Å². The van der Waals surface area contributed by atoms with Crippen molar-refractivity contribution in [2.45, 2.75) is 115 Å². The maximum Gasteiger partial charge on any atom is 0.225 e. The Hall–Kier alpha value is -2.19. The first kappa shape index (κ1) is 32.2. The van der Waals surface area contributed by atoms with Crippen LogP contribution in [0.15, 0.2) is 42.5 Å². The Morgan fingerprint density at radius 2 is 1.67 bits per heavy atom. The molecule has 0 aromatic heterocycles. The van der Waals surface area contributed by atoms with Gasteiger partial charge < -0.3 is 25.7 Å². The van der Waals surface area contributed by atoms with Crippen LogP contribution in [0.1, 0.15) is 100 Å². The van der Waals surface area contributed by atoms with Gasteiger partial charge in [-0.2, -0.15) is 0 Å². The molecule has 2 aromatic carbocycles. The van der Waals surface area contributed by atoms with Crippen molar-refractivity contribution in [3.8, 4) is 5.75 Å². The number of carbonyl (C=O) groups is 1. The molecule has 0 aliphatic heterocycles. The maximum atomic E-state index is 13.1. The Morgan fingerprint density at radius 1 is 1.05 bits per heavy atom. The van der Waals surface area contributed by atoms with Gasteiger partial charge >= 0.3 is 0 Å². The highest BCUT2D eigenvalue weighted by molar-refractivity contribution is 6.74. The maximum absolute atomic E-state index is 13.1. The van der Waals surface area contributed by atoms with Crippen molar-refractivity contribution in [2.75, 3.05) is 6.54 Å². The molecule has 4 saturated carbocycles. The number of nitrogens with two attached hydrogens (primary N) is 1. The molecular formula is C36H54N2O4Si. The molecule has 0 saturated heterocycles. The van der Waals surface area contributed by atoms with E-state index in [0.717, 1.165) is 54.6 Å². The van der Waals surface area contributed by atoms with Crippen molar-refractivity contribution in [1.82, 2.24) is 5.32 Å². The number of aliphatic hydroxyl groups is 1. The number of aromatic hydroxyl groups is 1. The monoisotopic (exact) mass is 606 g/mol. The average molecular weight is 607 g/mol. The van der Waals surface area contributed by atoms with Crippen molar-refractivity contribution in [2.24, 2.45) is 28.9 Å². The van der Waals surface area contributed by atoms with Gasteiger partial charge in [-0.1, -0.05) is 51.1 Å². The van der Waals surface area contributed by atoms with Gasteiger partial charge in [-0.25, -0.2) is 0 Å². The zero-order valence-electron chi connectivity index (χ0n) is 27.2. The molecule has 1 amide bonds. The summed E-state index contributed by atoms with van der Waals surface area (Å²) in [5.74, 6) is 2.03. The molecule has 43 heavy (non-hydrogen) atoms. The van der Waals surface area contributed by atoms with Crippen molar-refractivity contribution in [3.63, 3.8) is 0 Å². The summed E-state index contributed by atoms with van der Waals surface area (Å²) in [6, 6.07) is 14.2. The summed E-state index contributed by atoms with van der Waals surface area (Å²) in [6.07, 6.45) is 8.11. The summed E-state index contributed by atoms with van der Waals surface area (Å²) in [5, 5.41) is 23.7. The number of aliphatic hydroxyl groups excluding tert-OH is 1. The molecule has 236 valence electrons. The zero-order valence-corrected chi connectivity index (χ0v) is 28.2. The summed E-state index contributed by atoms with van der Waals surface area (Å²) in [6.45, 7) is 13.8. The van der Waals surface area contributed by atoms with Gasteiger partial charge in [-0.05, 0) is 122 Å². The molecule has 6 rings (SSSR count). The van der Waals surface area contributed by atoms with E-state index in [1.54, 1.807) is 6.07 Å². The molecule has 4 aliphatic carbocycles. The number of nitrogens with one attached hydrogen (secondary N) is 1. The third-order valence-corrected chi connectivity index (χ3v) is 15.8. The number of amides is 1. The van der Waals surface area contributed by atoms with Crippen LogP contribution in [0, 0.1) is 23.2 Å². The second-order valence-electron chi connectivity index (χ2n) is 15.8. The molecule has 4 bridgehead atoms. The van der Waals surface area contributed by atoms with E-state index in [4.69, 9.17) is 10.2 Å². The van der Waals surface area contributed by atoms with Gasteiger partial charge in [-0.15, -0.1) is 0 Å². The minimum atomic E-state index is -2.11. The van der Waals surface area contributed by atoms with Gasteiger partial charge in [0.25, 0.3) is 0 Å². The van der Waals surface area contributed by atoms with E-state index in [-0.39, 0.29) is 46.8 Å². The molecule has 0 heterocycles. The van der Waals surface area contributed by atoms with Gasteiger partial charge in [0, 0.05) is 18.2 Å². The number of carbonyl (C=O) groups excluding carboxylic acids is 1. The number of rotatable bonds is 12. The summed E-state index contributed by atoms with van der Waals surface area (Å²) in [5.41, 5.74) is 10.00. The number of hydrogen-bond donors (Lipinski definition) is 4. The first-order chi connectivity index (χ1) is 20.2. The highest BCUT2D eigenvalue weighted by atomic mass is 28.4. The van der Waals surface area contributed by atoms with E-state index in [1.807, 2.05) is 12.1 Å². The number of benzene rings is 2. The molecule has 1 unspecified atom stereocenters. The standard InChI is InChI=1S/C36H54N2O4Si/c1-23(38-21-32(42-43(5,6)35(2,3)4)28-10-11-31(40)30(17-28)22-39)12-24-8-7-9-29(16-24)33(34(37)41)36-18-25-13-26(19-36)15-27(14-25)20-36/h7-11,16-17,23,25-27,32-33,38-40H,12-15,18-22H2,1-6H3,(H2,37,41)/t23-,25?,26?,27?,32+,33?,36?/m1/s1. The fourth-order valence-electron chi connectivity index (χ4n) is 8.68. The third-order valence-electron chi connectivity index (χ3n) is 11.3. The quantitative estimate of drug-likeness (QED) is 0.196. The van der Waals surface area contributed by atoms with E-state index < -0.39 is 8.32 Å². The molecule has 2 aromatic rings. The summed E-state index contributed by atoms with van der Waals surface area (Å²) < 4.78 is 6.88. The molecule has 3 atom stereocenters. The summed E-state index contributed by atoms with van der Waals surface area (Å²) in [7, 11) is -2.11. The van der Waals surface area contributed by atoms with E-state index in [0.29, 0.717) is 12.1 Å². The van der Waals surface area contributed by atoms with Crippen LogP contribution in [-0.4, -0.2) is 37.0 Å². The average Bonchev–Trinajstić information content (AvgIpc) is 2.90. The third kappa shape index (κ3) is 6.90. The predicted molar refractivity (Wildman–Crippen MR) is 175 cm³/mol.